The van der Waals surface area contributed by atoms with Crippen molar-refractivity contribution >= 4 is 11.9 Å². The van der Waals surface area contributed by atoms with Crippen LogP contribution in [0.1, 0.15) is 57.1 Å². The molecule has 0 aliphatic carbocycles. The number of amides is 1. The number of rotatable bonds is 8. The number of hydrogen-bond donors (Lipinski definition) is 2. The largest absolute Gasteiger partial charge is 0.481 e. The van der Waals surface area contributed by atoms with Gasteiger partial charge in [0.15, 0.2) is 0 Å². The molecule has 0 aromatic heterocycles. The van der Waals surface area contributed by atoms with Crippen molar-refractivity contribution in [3.05, 3.63) is 35.4 Å². The van der Waals surface area contributed by atoms with Gasteiger partial charge in [-0.3, -0.25) is 9.59 Å². The number of carbonyl (C=O) groups excluding carboxylic acids is 1. The van der Waals surface area contributed by atoms with Crippen LogP contribution in [0.5, 0.6) is 0 Å². The first-order valence-electron chi connectivity index (χ1n) is 7.48. The predicted molar refractivity (Wildman–Crippen MR) is 83.3 cm³/mol. The van der Waals surface area contributed by atoms with E-state index in [1.54, 1.807) is 0 Å². The molecule has 1 aromatic carbocycles. The van der Waals surface area contributed by atoms with E-state index < -0.39 is 5.97 Å². The molecular formula is C17H25NO3. The highest BCUT2D eigenvalue weighted by molar-refractivity contribution is 5.76. The lowest BCUT2D eigenvalue weighted by atomic mass is 10.0. The van der Waals surface area contributed by atoms with E-state index in [9.17, 15) is 9.59 Å². The number of carboxylic acid groups (broad SMARTS) is 1. The van der Waals surface area contributed by atoms with Gasteiger partial charge in [-0.05, 0) is 36.8 Å². The zero-order valence-electron chi connectivity index (χ0n) is 13.1. The van der Waals surface area contributed by atoms with Gasteiger partial charge in [0.2, 0.25) is 5.91 Å². The van der Waals surface area contributed by atoms with Crippen LogP contribution < -0.4 is 5.32 Å². The molecule has 1 atom stereocenters. The first kappa shape index (κ1) is 17.2. The van der Waals surface area contributed by atoms with Crippen LogP contribution in [0.25, 0.3) is 0 Å². The van der Waals surface area contributed by atoms with Gasteiger partial charge in [-0.15, -0.1) is 0 Å². The first-order chi connectivity index (χ1) is 9.88. The number of carbonyl (C=O) groups is 2. The fourth-order valence-corrected chi connectivity index (χ4v) is 2.09. The van der Waals surface area contributed by atoms with Gasteiger partial charge in [0.1, 0.15) is 0 Å². The standard InChI is InChI=1S/C17H25NO3/c1-12(2)15-8-5-14(6-9-15)7-10-16(19)18-13(3)4-11-17(20)21/h5-6,8-9,12-13H,4,7,10-11H2,1-3H3,(H,18,19)(H,20,21). The molecule has 1 rings (SSSR count). The average molecular weight is 291 g/mol. The van der Waals surface area contributed by atoms with Crippen LogP contribution in [-0.2, 0) is 16.0 Å². The van der Waals surface area contributed by atoms with Crippen LogP contribution in [0.2, 0.25) is 0 Å². The molecule has 0 saturated carbocycles. The number of benzene rings is 1. The van der Waals surface area contributed by atoms with Gasteiger partial charge in [-0.25, -0.2) is 0 Å². The number of carboxylic acids is 1. The van der Waals surface area contributed by atoms with Crippen LogP contribution in [0, 0.1) is 0 Å². The smallest absolute Gasteiger partial charge is 0.303 e. The minimum atomic E-state index is -0.832. The number of aryl methyl sites for hydroxylation is 1. The zero-order valence-corrected chi connectivity index (χ0v) is 13.1. The van der Waals surface area contributed by atoms with Crippen LogP contribution in [0.3, 0.4) is 0 Å². The first-order valence-corrected chi connectivity index (χ1v) is 7.48. The molecule has 1 amide bonds. The fourth-order valence-electron chi connectivity index (χ4n) is 2.09. The van der Waals surface area contributed by atoms with Crippen molar-refractivity contribution in [1.29, 1.82) is 0 Å². The van der Waals surface area contributed by atoms with E-state index >= 15 is 0 Å². The third-order valence-corrected chi connectivity index (χ3v) is 3.49. The Morgan fingerprint density at radius 3 is 2.24 bits per heavy atom. The SMILES string of the molecule is CC(CCC(=O)O)NC(=O)CCc1ccc(C(C)C)cc1. The summed E-state index contributed by atoms with van der Waals surface area (Å²) in [4.78, 5) is 22.3. The Balaban J connectivity index is 2.33. The van der Waals surface area contributed by atoms with Gasteiger partial charge in [0, 0.05) is 18.9 Å². The zero-order chi connectivity index (χ0) is 15.8. The van der Waals surface area contributed by atoms with Crippen molar-refractivity contribution in [1.82, 2.24) is 5.32 Å². The highest BCUT2D eigenvalue weighted by Gasteiger charge is 2.09. The summed E-state index contributed by atoms with van der Waals surface area (Å²) in [6.07, 6.45) is 1.68. The van der Waals surface area contributed by atoms with Gasteiger partial charge < -0.3 is 10.4 Å². The monoisotopic (exact) mass is 291 g/mol. The van der Waals surface area contributed by atoms with Gasteiger partial charge in [0.05, 0.1) is 0 Å². The molecule has 1 aromatic rings. The second-order valence-electron chi connectivity index (χ2n) is 5.80. The number of nitrogens with one attached hydrogen (secondary N) is 1. The van der Waals surface area contributed by atoms with Crippen molar-refractivity contribution in [2.75, 3.05) is 0 Å². The molecule has 116 valence electrons. The third-order valence-electron chi connectivity index (χ3n) is 3.49. The highest BCUT2D eigenvalue weighted by Crippen LogP contribution is 2.15. The molecule has 0 bridgehead atoms. The van der Waals surface area contributed by atoms with E-state index in [1.807, 2.05) is 6.92 Å². The molecular weight excluding hydrogens is 266 g/mol. The molecule has 0 aliphatic rings. The molecule has 2 N–H and O–H groups in total. The lowest BCUT2D eigenvalue weighted by molar-refractivity contribution is -0.137. The number of aliphatic carboxylic acids is 1. The maximum Gasteiger partial charge on any atom is 0.303 e. The molecule has 0 saturated heterocycles. The lowest BCUT2D eigenvalue weighted by Gasteiger charge is -2.13. The summed E-state index contributed by atoms with van der Waals surface area (Å²) in [6.45, 7) is 6.14. The summed E-state index contributed by atoms with van der Waals surface area (Å²) in [5, 5.41) is 11.4. The Hall–Kier alpha value is -1.84. The van der Waals surface area contributed by atoms with E-state index in [-0.39, 0.29) is 18.4 Å². The van der Waals surface area contributed by atoms with E-state index in [0.717, 1.165) is 5.56 Å². The van der Waals surface area contributed by atoms with Crippen LogP contribution in [0.4, 0.5) is 0 Å². The molecule has 0 radical (unpaired) electrons. The van der Waals surface area contributed by atoms with Gasteiger partial charge in [-0.2, -0.15) is 0 Å². The molecule has 0 spiro atoms. The van der Waals surface area contributed by atoms with Crippen LogP contribution in [0.15, 0.2) is 24.3 Å². The molecule has 4 heteroatoms. The fraction of sp³-hybridized carbons (Fsp3) is 0.529. The van der Waals surface area contributed by atoms with Gasteiger partial charge in [0.25, 0.3) is 0 Å². The maximum absolute atomic E-state index is 11.8. The molecule has 0 fully saturated rings. The topological polar surface area (TPSA) is 66.4 Å². The van der Waals surface area contributed by atoms with Crippen molar-refractivity contribution in [3.63, 3.8) is 0 Å². The van der Waals surface area contributed by atoms with E-state index in [2.05, 4.69) is 43.4 Å². The summed E-state index contributed by atoms with van der Waals surface area (Å²) in [5.74, 6) is -0.348. The molecule has 0 aliphatic heterocycles. The Labute approximate surface area is 126 Å². The third kappa shape index (κ3) is 6.93. The Kier molecular flexibility index (Phi) is 6.92. The van der Waals surface area contributed by atoms with Crippen LogP contribution in [-0.4, -0.2) is 23.0 Å². The Morgan fingerprint density at radius 2 is 1.71 bits per heavy atom. The summed E-state index contributed by atoms with van der Waals surface area (Å²) >= 11 is 0. The van der Waals surface area contributed by atoms with E-state index in [4.69, 9.17) is 5.11 Å². The molecule has 1 unspecified atom stereocenters. The van der Waals surface area contributed by atoms with E-state index in [0.29, 0.717) is 25.2 Å². The highest BCUT2D eigenvalue weighted by atomic mass is 16.4. The predicted octanol–water partition coefficient (Wildman–Crippen LogP) is 3.11. The quantitative estimate of drug-likeness (QED) is 0.773. The van der Waals surface area contributed by atoms with Crippen LogP contribution >= 0.6 is 0 Å². The minimum absolute atomic E-state index is 0.0270. The second-order valence-corrected chi connectivity index (χ2v) is 5.80. The maximum atomic E-state index is 11.8. The molecule has 4 nitrogen and oxygen atoms in total. The Morgan fingerprint density at radius 1 is 1.10 bits per heavy atom. The number of hydrogen-bond acceptors (Lipinski definition) is 2. The van der Waals surface area contributed by atoms with Crippen molar-refractivity contribution < 1.29 is 14.7 Å². The molecule has 21 heavy (non-hydrogen) atoms. The normalized spacial score (nSPS) is 12.2. The van der Waals surface area contributed by atoms with E-state index in [1.165, 1.54) is 5.56 Å². The summed E-state index contributed by atoms with van der Waals surface area (Å²) in [6, 6.07) is 8.24. The van der Waals surface area contributed by atoms with Gasteiger partial charge in [-0.1, -0.05) is 38.1 Å². The van der Waals surface area contributed by atoms with Crippen molar-refractivity contribution in [2.45, 2.75) is 58.4 Å². The summed E-state index contributed by atoms with van der Waals surface area (Å²) in [5.41, 5.74) is 2.44. The van der Waals surface area contributed by atoms with Crippen molar-refractivity contribution in [3.8, 4) is 0 Å². The average Bonchev–Trinajstić information content (AvgIpc) is 2.43. The molecule has 0 heterocycles. The second kappa shape index (κ2) is 8.45. The minimum Gasteiger partial charge on any atom is -0.481 e. The lowest BCUT2D eigenvalue weighted by Crippen LogP contribution is -2.33. The summed E-state index contributed by atoms with van der Waals surface area (Å²) in [7, 11) is 0. The Bertz CT molecular complexity index is 465. The van der Waals surface area contributed by atoms with Crippen molar-refractivity contribution in [2.24, 2.45) is 0 Å². The van der Waals surface area contributed by atoms with Gasteiger partial charge >= 0.3 is 5.97 Å². The summed E-state index contributed by atoms with van der Waals surface area (Å²) < 4.78 is 0.